The molecule has 0 aromatic heterocycles. The van der Waals surface area contributed by atoms with Gasteiger partial charge in [-0.25, -0.2) is 0 Å². The SMILES string of the molecule is CCCCC/C=C\C/C=C\CCCCCCCC(=O)OCC(COC(=O)CCCCCCCCCCCCCCCCCCCCCCCCCCCCC)OC(=O)CCCCCCCCCCCCCCCCCC. The Morgan fingerprint density at radius 1 is 0.263 bits per heavy atom. The summed E-state index contributed by atoms with van der Waals surface area (Å²) < 4.78 is 17.0. The predicted octanol–water partition coefficient (Wildman–Crippen LogP) is 23.4. The van der Waals surface area contributed by atoms with Crippen molar-refractivity contribution in [2.24, 2.45) is 0 Å². The van der Waals surface area contributed by atoms with E-state index in [9.17, 15) is 14.4 Å². The summed E-state index contributed by atoms with van der Waals surface area (Å²) in [4.78, 5) is 38.4. The van der Waals surface area contributed by atoms with Gasteiger partial charge in [0.2, 0.25) is 0 Å². The van der Waals surface area contributed by atoms with E-state index in [1.165, 1.54) is 270 Å². The van der Waals surface area contributed by atoms with Gasteiger partial charge >= 0.3 is 17.9 Å². The summed E-state index contributed by atoms with van der Waals surface area (Å²) in [7, 11) is 0. The number of carbonyl (C=O) groups excluding carboxylic acids is 3. The Morgan fingerprint density at radius 2 is 0.474 bits per heavy atom. The summed E-state index contributed by atoms with van der Waals surface area (Å²) in [6.45, 7) is 6.68. The fourth-order valence-electron chi connectivity index (χ4n) is 10.5. The van der Waals surface area contributed by atoms with Gasteiger partial charge in [0.05, 0.1) is 0 Å². The van der Waals surface area contributed by atoms with Crippen molar-refractivity contribution in [3.8, 4) is 0 Å². The number of carbonyl (C=O) groups is 3. The van der Waals surface area contributed by atoms with E-state index >= 15 is 0 Å². The molecule has 6 nitrogen and oxygen atoms in total. The van der Waals surface area contributed by atoms with Crippen molar-refractivity contribution in [1.82, 2.24) is 0 Å². The zero-order valence-corrected chi connectivity index (χ0v) is 51.6. The number of esters is 3. The molecule has 0 aliphatic rings. The van der Waals surface area contributed by atoms with E-state index < -0.39 is 6.10 Å². The molecule has 0 saturated carbocycles. The smallest absolute Gasteiger partial charge is 0.306 e. The second-order valence-electron chi connectivity index (χ2n) is 23.5. The van der Waals surface area contributed by atoms with Gasteiger partial charge in [-0.1, -0.05) is 340 Å². The molecule has 1 atom stereocenters. The normalized spacial score (nSPS) is 12.1. The van der Waals surface area contributed by atoms with Crippen LogP contribution in [0, 0.1) is 0 Å². The highest BCUT2D eigenvalue weighted by molar-refractivity contribution is 5.71. The van der Waals surface area contributed by atoms with E-state index in [1.54, 1.807) is 0 Å². The van der Waals surface area contributed by atoms with Crippen LogP contribution in [0.25, 0.3) is 0 Å². The molecule has 0 aliphatic carbocycles. The third-order valence-electron chi connectivity index (χ3n) is 15.7. The zero-order chi connectivity index (χ0) is 55.0. The van der Waals surface area contributed by atoms with Crippen LogP contribution in [-0.2, 0) is 28.6 Å². The van der Waals surface area contributed by atoms with Crippen molar-refractivity contribution in [3.05, 3.63) is 24.3 Å². The van der Waals surface area contributed by atoms with Gasteiger partial charge in [-0.05, 0) is 51.4 Å². The maximum absolute atomic E-state index is 12.9. The highest BCUT2D eigenvalue weighted by atomic mass is 16.6. The van der Waals surface area contributed by atoms with Crippen LogP contribution in [0.4, 0.5) is 0 Å². The van der Waals surface area contributed by atoms with Crippen LogP contribution in [0.5, 0.6) is 0 Å². The average molecular weight is 1070 g/mol. The van der Waals surface area contributed by atoms with E-state index in [0.717, 1.165) is 77.0 Å². The molecule has 0 radical (unpaired) electrons. The van der Waals surface area contributed by atoms with Crippen LogP contribution in [-0.4, -0.2) is 37.2 Å². The number of hydrogen-bond acceptors (Lipinski definition) is 6. The lowest BCUT2D eigenvalue weighted by atomic mass is 10.0. The van der Waals surface area contributed by atoms with Gasteiger partial charge in [0, 0.05) is 19.3 Å². The number of unbranched alkanes of at least 4 members (excludes halogenated alkanes) is 49. The maximum atomic E-state index is 12.9. The Labute approximate surface area is 474 Å². The number of rotatable bonds is 64. The van der Waals surface area contributed by atoms with Crippen LogP contribution < -0.4 is 0 Å². The van der Waals surface area contributed by atoms with Crippen LogP contribution >= 0.6 is 0 Å². The Kier molecular flexibility index (Phi) is 63.6. The number of allylic oxidation sites excluding steroid dienone is 4. The van der Waals surface area contributed by atoms with E-state index in [2.05, 4.69) is 45.1 Å². The minimum absolute atomic E-state index is 0.0694. The number of hydrogen-bond donors (Lipinski definition) is 0. The standard InChI is InChI=1S/C70H132O6/c1-4-7-10-13-16-19-22-25-28-30-31-32-33-34-35-36-37-38-39-40-43-45-48-51-54-57-60-63-69(72)75-66-67(65-74-68(71)62-59-56-53-50-47-44-41-27-24-21-18-15-12-9-6-3)76-70(73)64-61-58-55-52-49-46-42-29-26-23-20-17-14-11-8-5-2/h18,21,27,41,67H,4-17,19-20,22-26,28-40,42-66H2,1-3H3/b21-18-,41-27-. The molecule has 448 valence electrons. The highest BCUT2D eigenvalue weighted by Gasteiger charge is 2.19. The van der Waals surface area contributed by atoms with Crippen molar-refractivity contribution < 1.29 is 28.6 Å². The van der Waals surface area contributed by atoms with Gasteiger partial charge in [-0.3, -0.25) is 14.4 Å². The van der Waals surface area contributed by atoms with Crippen LogP contribution in [0.15, 0.2) is 24.3 Å². The molecule has 0 amide bonds. The number of ether oxygens (including phenoxy) is 3. The van der Waals surface area contributed by atoms with Gasteiger partial charge in [-0.15, -0.1) is 0 Å². The summed E-state index contributed by atoms with van der Waals surface area (Å²) in [6.07, 6.45) is 79.2. The lowest BCUT2D eigenvalue weighted by Gasteiger charge is -2.18. The average Bonchev–Trinajstić information content (AvgIpc) is 3.42. The summed E-state index contributed by atoms with van der Waals surface area (Å²) >= 11 is 0. The van der Waals surface area contributed by atoms with E-state index in [4.69, 9.17) is 14.2 Å². The molecular formula is C70H132O6. The fraction of sp³-hybridized carbons (Fsp3) is 0.900. The summed E-state index contributed by atoms with van der Waals surface area (Å²) in [5, 5.41) is 0. The molecule has 0 rings (SSSR count). The Hall–Kier alpha value is -2.11. The summed E-state index contributed by atoms with van der Waals surface area (Å²) in [6, 6.07) is 0. The first-order chi connectivity index (χ1) is 37.5. The van der Waals surface area contributed by atoms with Crippen molar-refractivity contribution in [3.63, 3.8) is 0 Å². The molecule has 0 N–H and O–H groups in total. The molecule has 76 heavy (non-hydrogen) atoms. The minimum atomic E-state index is -0.773. The summed E-state index contributed by atoms with van der Waals surface area (Å²) in [5.74, 6) is -0.853. The molecule has 0 aliphatic heterocycles. The topological polar surface area (TPSA) is 78.9 Å². The van der Waals surface area contributed by atoms with E-state index in [1.807, 2.05) is 0 Å². The van der Waals surface area contributed by atoms with Crippen molar-refractivity contribution >= 4 is 17.9 Å². The Bertz CT molecular complexity index is 1230. The first kappa shape index (κ1) is 73.9. The fourth-order valence-corrected chi connectivity index (χ4v) is 10.5. The van der Waals surface area contributed by atoms with Crippen LogP contribution in [0.1, 0.15) is 387 Å². The first-order valence-corrected chi connectivity index (χ1v) is 34.3. The lowest BCUT2D eigenvalue weighted by Crippen LogP contribution is -2.30. The lowest BCUT2D eigenvalue weighted by molar-refractivity contribution is -0.167. The highest BCUT2D eigenvalue weighted by Crippen LogP contribution is 2.19. The zero-order valence-electron chi connectivity index (χ0n) is 51.6. The molecular weight excluding hydrogens is 937 g/mol. The van der Waals surface area contributed by atoms with Gasteiger partial charge in [0.1, 0.15) is 13.2 Å². The molecule has 0 aromatic rings. The maximum Gasteiger partial charge on any atom is 0.306 e. The first-order valence-electron chi connectivity index (χ1n) is 34.3. The molecule has 0 heterocycles. The molecule has 0 saturated heterocycles. The third kappa shape index (κ3) is 62.7. The second kappa shape index (κ2) is 65.4. The van der Waals surface area contributed by atoms with Crippen molar-refractivity contribution in [2.45, 2.75) is 393 Å². The second-order valence-corrected chi connectivity index (χ2v) is 23.5. The van der Waals surface area contributed by atoms with E-state index in [0.29, 0.717) is 19.3 Å². The monoisotopic (exact) mass is 1070 g/mol. The van der Waals surface area contributed by atoms with Crippen molar-refractivity contribution in [2.75, 3.05) is 13.2 Å². The Balaban J connectivity index is 4.20. The quantitative estimate of drug-likeness (QED) is 0.0261. The van der Waals surface area contributed by atoms with Crippen LogP contribution in [0.3, 0.4) is 0 Å². The summed E-state index contributed by atoms with van der Waals surface area (Å²) in [5.41, 5.74) is 0. The molecule has 6 heteroatoms. The van der Waals surface area contributed by atoms with Gasteiger partial charge < -0.3 is 14.2 Å². The minimum Gasteiger partial charge on any atom is -0.462 e. The van der Waals surface area contributed by atoms with Crippen LogP contribution in [0.2, 0.25) is 0 Å². The molecule has 0 spiro atoms. The molecule has 0 aromatic carbocycles. The molecule has 0 bridgehead atoms. The predicted molar refractivity (Wildman–Crippen MR) is 330 cm³/mol. The largest absolute Gasteiger partial charge is 0.462 e. The van der Waals surface area contributed by atoms with E-state index in [-0.39, 0.29) is 31.1 Å². The molecule has 1 unspecified atom stereocenters. The van der Waals surface area contributed by atoms with Gasteiger partial charge in [0.25, 0.3) is 0 Å². The third-order valence-corrected chi connectivity index (χ3v) is 15.7. The van der Waals surface area contributed by atoms with Gasteiger partial charge in [0.15, 0.2) is 6.10 Å². The van der Waals surface area contributed by atoms with Gasteiger partial charge in [-0.2, -0.15) is 0 Å². The van der Waals surface area contributed by atoms with Crippen molar-refractivity contribution in [1.29, 1.82) is 0 Å². The Morgan fingerprint density at radius 3 is 0.750 bits per heavy atom. The molecule has 0 fully saturated rings.